The molecule has 5 heteroatoms. The van der Waals surface area contributed by atoms with Crippen LogP contribution in [0.4, 0.5) is 5.69 Å². The molecule has 2 aromatic rings. The van der Waals surface area contributed by atoms with Gasteiger partial charge in [-0.05, 0) is 42.8 Å². The molecule has 0 fully saturated rings. The van der Waals surface area contributed by atoms with Gasteiger partial charge >= 0.3 is 5.97 Å². The molecular weight excluding hydrogens is 270 g/mol. The van der Waals surface area contributed by atoms with Crippen molar-refractivity contribution in [2.45, 2.75) is 13.8 Å². The highest BCUT2D eigenvalue weighted by molar-refractivity contribution is 5.90. The van der Waals surface area contributed by atoms with Crippen molar-refractivity contribution in [3.8, 4) is 11.5 Å². The summed E-state index contributed by atoms with van der Waals surface area (Å²) >= 11 is 0. The third kappa shape index (κ3) is 3.60. The number of aromatic carboxylic acids is 1. The van der Waals surface area contributed by atoms with Crippen LogP contribution in [-0.2, 0) is 4.79 Å². The molecule has 0 saturated carbocycles. The molecule has 2 N–H and O–H groups in total. The number of ether oxygens (including phenoxy) is 1. The fourth-order valence-electron chi connectivity index (χ4n) is 1.92. The second-order valence-electron chi connectivity index (χ2n) is 4.56. The van der Waals surface area contributed by atoms with Crippen LogP contribution in [0.15, 0.2) is 42.5 Å². The molecule has 0 bridgehead atoms. The van der Waals surface area contributed by atoms with Crippen molar-refractivity contribution < 1.29 is 19.4 Å². The number of amides is 1. The quantitative estimate of drug-likeness (QED) is 0.902. The number of anilines is 1. The van der Waals surface area contributed by atoms with Crippen LogP contribution in [0.1, 0.15) is 22.8 Å². The van der Waals surface area contributed by atoms with Gasteiger partial charge in [0.15, 0.2) is 5.75 Å². The van der Waals surface area contributed by atoms with Crippen LogP contribution in [-0.4, -0.2) is 17.0 Å². The number of carboxylic acids is 1. The van der Waals surface area contributed by atoms with E-state index in [0.717, 1.165) is 0 Å². The van der Waals surface area contributed by atoms with E-state index in [-0.39, 0.29) is 11.5 Å². The van der Waals surface area contributed by atoms with Crippen molar-refractivity contribution >= 4 is 17.6 Å². The lowest BCUT2D eigenvalue weighted by Crippen LogP contribution is -2.06. The first-order valence-corrected chi connectivity index (χ1v) is 6.36. The van der Waals surface area contributed by atoms with Gasteiger partial charge in [-0.2, -0.15) is 0 Å². The van der Waals surface area contributed by atoms with E-state index in [2.05, 4.69) is 5.32 Å². The molecule has 2 aromatic carbocycles. The Morgan fingerprint density at radius 2 is 1.86 bits per heavy atom. The standard InChI is InChI=1S/C16H15NO4/c1-10-9-12(7-8-13(10)16(19)20)21-15-6-4-3-5-14(15)17-11(2)18/h3-9H,1-2H3,(H,17,18)(H,19,20). The maximum atomic E-state index is 11.2. The predicted octanol–water partition coefficient (Wildman–Crippen LogP) is 3.44. The number of carbonyl (C=O) groups excluding carboxylic acids is 1. The summed E-state index contributed by atoms with van der Waals surface area (Å²) in [6.07, 6.45) is 0. The first-order chi connectivity index (χ1) is 9.97. The number of aryl methyl sites for hydroxylation is 1. The van der Waals surface area contributed by atoms with Crippen molar-refractivity contribution in [1.29, 1.82) is 0 Å². The third-order valence-electron chi connectivity index (χ3n) is 2.85. The molecule has 1 amide bonds. The average Bonchev–Trinajstić information content (AvgIpc) is 2.40. The molecule has 0 radical (unpaired) electrons. The van der Waals surface area contributed by atoms with Gasteiger partial charge in [-0.1, -0.05) is 12.1 Å². The second-order valence-corrected chi connectivity index (χ2v) is 4.56. The Bertz CT molecular complexity index is 694. The van der Waals surface area contributed by atoms with E-state index >= 15 is 0 Å². The van der Waals surface area contributed by atoms with E-state index < -0.39 is 5.97 Å². The van der Waals surface area contributed by atoms with Crippen LogP contribution in [0.3, 0.4) is 0 Å². The minimum Gasteiger partial charge on any atom is -0.478 e. The summed E-state index contributed by atoms with van der Waals surface area (Å²) in [7, 11) is 0. The van der Waals surface area contributed by atoms with Crippen LogP contribution in [0.25, 0.3) is 0 Å². The van der Waals surface area contributed by atoms with Gasteiger partial charge in [-0.15, -0.1) is 0 Å². The summed E-state index contributed by atoms with van der Waals surface area (Å²) in [4.78, 5) is 22.1. The normalized spacial score (nSPS) is 10.0. The van der Waals surface area contributed by atoms with Crippen molar-refractivity contribution in [2.75, 3.05) is 5.32 Å². The zero-order valence-corrected chi connectivity index (χ0v) is 11.7. The molecule has 108 valence electrons. The summed E-state index contributed by atoms with van der Waals surface area (Å²) in [6, 6.07) is 11.8. The molecule has 0 unspecified atom stereocenters. The van der Waals surface area contributed by atoms with Gasteiger partial charge in [0.25, 0.3) is 0 Å². The Morgan fingerprint density at radius 1 is 1.14 bits per heavy atom. The van der Waals surface area contributed by atoms with Gasteiger partial charge in [-0.25, -0.2) is 4.79 Å². The summed E-state index contributed by atoms with van der Waals surface area (Å²) in [5.74, 6) is -0.161. The topological polar surface area (TPSA) is 75.6 Å². The van der Waals surface area contributed by atoms with Crippen molar-refractivity contribution in [3.05, 3.63) is 53.6 Å². The van der Waals surface area contributed by atoms with E-state index in [9.17, 15) is 9.59 Å². The smallest absolute Gasteiger partial charge is 0.335 e. The lowest BCUT2D eigenvalue weighted by atomic mass is 10.1. The Labute approximate surface area is 122 Å². The van der Waals surface area contributed by atoms with Crippen molar-refractivity contribution in [1.82, 2.24) is 0 Å². The van der Waals surface area contributed by atoms with Gasteiger partial charge in [0, 0.05) is 6.92 Å². The van der Waals surface area contributed by atoms with Crippen molar-refractivity contribution in [3.63, 3.8) is 0 Å². The molecule has 0 aliphatic heterocycles. The maximum absolute atomic E-state index is 11.2. The number of hydrogen-bond donors (Lipinski definition) is 2. The number of carboxylic acid groups (broad SMARTS) is 1. The van der Waals surface area contributed by atoms with E-state index in [1.807, 2.05) is 0 Å². The van der Waals surface area contributed by atoms with Gasteiger partial charge in [0.05, 0.1) is 11.3 Å². The van der Waals surface area contributed by atoms with Crippen LogP contribution >= 0.6 is 0 Å². The van der Waals surface area contributed by atoms with Crippen LogP contribution in [0, 0.1) is 6.92 Å². The van der Waals surface area contributed by atoms with E-state index in [1.54, 1.807) is 43.3 Å². The number of benzene rings is 2. The minimum absolute atomic E-state index is 0.191. The Balaban J connectivity index is 2.28. The predicted molar refractivity (Wildman–Crippen MR) is 79.0 cm³/mol. The third-order valence-corrected chi connectivity index (χ3v) is 2.85. The van der Waals surface area contributed by atoms with Crippen LogP contribution < -0.4 is 10.1 Å². The SMILES string of the molecule is CC(=O)Nc1ccccc1Oc1ccc(C(=O)O)c(C)c1. The number of rotatable bonds is 4. The molecule has 0 aliphatic carbocycles. The van der Waals surface area contributed by atoms with E-state index in [0.29, 0.717) is 22.7 Å². The van der Waals surface area contributed by atoms with E-state index in [1.165, 1.54) is 13.0 Å². The van der Waals surface area contributed by atoms with Gasteiger partial charge in [0.2, 0.25) is 5.91 Å². The molecule has 5 nitrogen and oxygen atoms in total. The first kappa shape index (κ1) is 14.6. The highest BCUT2D eigenvalue weighted by atomic mass is 16.5. The lowest BCUT2D eigenvalue weighted by molar-refractivity contribution is -0.114. The molecule has 0 aromatic heterocycles. The first-order valence-electron chi connectivity index (χ1n) is 6.36. The average molecular weight is 285 g/mol. The summed E-state index contributed by atoms with van der Waals surface area (Å²) in [5.41, 5.74) is 1.40. The fraction of sp³-hybridized carbons (Fsp3) is 0.125. The molecule has 2 rings (SSSR count). The Kier molecular flexibility index (Phi) is 4.23. The largest absolute Gasteiger partial charge is 0.478 e. The zero-order valence-electron chi connectivity index (χ0n) is 11.7. The van der Waals surface area contributed by atoms with Gasteiger partial charge < -0.3 is 15.2 Å². The molecule has 0 aliphatic rings. The number of carbonyl (C=O) groups is 2. The van der Waals surface area contributed by atoms with Crippen LogP contribution in [0.5, 0.6) is 11.5 Å². The molecule has 0 spiro atoms. The highest BCUT2D eigenvalue weighted by Gasteiger charge is 2.10. The monoisotopic (exact) mass is 285 g/mol. The number of nitrogens with one attached hydrogen (secondary N) is 1. The van der Waals surface area contributed by atoms with Gasteiger partial charge in [0.1, 0.15) is 5.75 Å². The molecule has 21 heavy (non-hydrogen) atoms. The minimum atomic E-state index is -0.974. The zero-order chi connectivity index (χ0) is 15.4. The number of hydrogen-bond acceptors (Lipinski definition) is 3. The van der Waals surface area contributed by atoms with Gasteiger partial charge in [-0.3, -0.25) is 4.79 Å². The molecule has 0 heterocycles. The molecule has 0 atom stereocenters. The Morgan fingerprint density at radius 3 is 2.48 bits per heavy atom. The molecule has 0 saturated heterocycles. The Hall–Kier alpha value is -2.82. The number of para-hydroxylation sites is 2. The van der Waals surface area contributed by atoms with E-state index in [4.69, 9.17) is 9.84 Å². The highest BCUT2D eigenvalue weighted by Crippen LogP contribution is 2.30. The fourth-order valence-corrected chi connectivity index (χ4v) is 1.92. The summed E-state index contributed by atoms with van der Waals surface area (Å²) in [6.45, 7) is 3.12. The second kappa shape index (κ2) is 6.09. The van der Waals surface area contributed by atoms with Crippen LogP contribution in [0.2, 0.25) is 0 Å². The van der Waals surface area contributed by atoms with Crippen molar-refractivity contribution in [2.24, 2.45) is 0 Å². The lowest BCUT2D eigenvalue weighted by Gasteiger charge is -2.12. The molecular formula is C16H15NO4. The summed E-state index contributed by atoms with van der Waals surface area (Å²) in [5, 5.41) is 11.7. The maximum Gasteiger partial charge on any atom is 0.335 e. The summed E-state index contributed by atoms with van der Waals surface area (Å²) < 4.78 is 5.72.